The van der Waals surface area contributed by atoms with Gasteiger partial charge in [0.1, 0.15) is 6.61 Å². The molecule has 2 rings (SSSR count). The van der Waals surface area contributed by atoms with Gasteiger partial charge in [0.05, 0.1) is 11.0 Å². The lowest BCUT2D eigenvalue weighted by atomic mass is 10.1. The van der Waals surface area contributed by atoms with Crippen molar-refractivity contribution in [1.29, 1.82) is 0 Å². The van der Waals surface area contributed by atoms with Gasteiger partial charge < -0.3 is 9.84 Å². The Morgan fingerprint density at radius 3 is 2.70 bits per heavy atom. The van der Waals surface area contributed by atoms with Crippen LogP contribution in [0.25, 0.3) is 0 Å². The van der Waals surface area contributed by atoms with Crippen molar-refractivity contribution in [3.63, 3.8) is 0 Å². The van der Waals surface area contributed by atoms with Crippen LogP contribution in [0.2, 0.25) is 0 Å². The fraction of sp³-hybridized carbons (Fsp3) is 0.500. The number of ether oxygens (including phenoxy) is 1. The lowest BCUT2D eigenvalue weighted by Crippen LogP contribution is -2.32. The number of halogens is 2. The summed E-state index contributed by atoms with van der Waals surface area (Å²) in [6, 6.07) is 4.97. The molecule has 1 fully saturated rings. The van der Waals surface area contributed by atoms with E-state index in [1.165, 1.54) is 12.1 Å². The second kappa shape index (κ2) is 6.50. The van der Waals surface area contributed by atoms with Gasteiger partial charge in [-0.25, -0.2) is 22.0 Å². The molecule has 0 aliphatic carbocycles. The number of sulfonamides is 1. The molecule has 9 heteroatoms. The van der Waals surface area contributed by atoms with E-state index < -0.39 is 45.1 Å². The molecule has 1 saturated heterocycles. The highest BCUT2D eigenvalue weighted by molar-refractivity contribution is 7.89. The Balaban J connectivity index is 2.22. The maximum absolute atomic E-state index is 13.6. The van der Waals surface area contributed by atoms with Crippen molar-refractivity contribution in [2.45, 2.75) is 30.3 Å². The van der Waals surface area contributed by atoms with Gasteiger partial charge in [-0.2, -0.15) is 4.31 Å². The molecule has 0 bridgehead atoms. The van der Waals surface area contributed by atoms with Crippen molar-refractivity contribution < 1.29 is 31.8 Å². The summed E-state index contributed by atoms with van der Waals surface area (Å²) >= 11 is 0. The summed E-state index contributed by atoms with van der Waals surface area (Å²) in [6.07, 6.45) is -0.243. The largest absolute Gasteiger partial charge is 0.480 e. The van der Waals surface area contributed by atoms with Crippen LogP contribution < -0.4 is 0 Å². The lowest BCUT2D eigenvalue weighted by molar-refractivity contribution is -0.144. The molecule has 0 radical (unpaired) electrons. The summed E-state index contributed by atoms with van der Waals surface area (Å²) < 4.78 is 58.6. The Morgan fingerprint density at radius 1 is 1.43 bits per heavy atom. The number of benzene rings is 1. The first kappa shape index (κ1) is 17.8. The molecule has 23 heavy (non-hydrogen) atoms. The van der Waals surface area contributed by atoms with E-state index in [-0.39, 0.29) is 13.1 Å². The molecule has 1 N–H and O–H groups in total. The summed E-state index contributed by atoms with van der Waals surface area (Å²) in [6.45, 7) is 0.155. The van der Waals surface area contributed by atoms with Crippen molar-refractivity contribution in [2.75, 3.05) is 19.7 Å². The second-order valence-electron chi connectivity index (χ2n) is 5.36. The smallest absolute Gasteiger partial charge is 0.329 e. The molecule has 1 aliphatic heterocycles. The van der Waals surface area contributed by atoms with Crippen molar-refractivity contribution in [3.05, 3.63) is 29.8 Å². The summed E-state index contributed by atoms with van der Waals surface area (Å²) in [5.74, 6) is -4.44. The zero-order valence-electron chi connectivity index (χ0n) is 12.4. The maximum Gasteiger partial charge on any atom is 0.329 e. The number of hydrogen-bond acceptors (Lipinski definition) is 4. The van der Waals surface area contributed by atoms with Crippen molar-refractivity contribution in [3.8, 4) is 0 Å². The molecule has 0 spiro atoms. The van der Waals surface area contributed by atoms with E-state index in [0.29, 0.717) is 13.3 Å². The van der Waals surface area contributed by atoms with Crippen LogP contribution in [0.4, 0.5) is 8.78 Å². The van der Waals surface area contributed by atoms with Crippen LogP contribution >= 0.6 is 0 Å². The average Bonchev–Trinajstić information content (AvgIpc) is 2.94. The van der Waals surface area contributed by atoms with Gasteiger partial charge in [0.2, 0.25) is 10.0 Å². The fourth-order valence-electron chi connectivity index (χ4n) is 2.43. The molecule has 128 valence electrons. The molecule has 1 heterocycles. The van der Waals surface area contributed by atoms with Crippen LogP contribution in [0.5, 0.6) is 0 Å². The number of nitrogens with zero attached hydrogens (tertiary/aromatic N) is 1. The van der Waals surface area contributed by atoms with Crippen LogP contribution in [0, 0.1) is 0 Å². The maximum atomic E-state index is 13.6. The van der Waals surface area contributed by atoms with Gasteiger partial charge in [-0.3, -0.25) is 0 Å². The molecule has 0 unspecified atom stereocenters. The average molecular weight is 349 g/mol. The van der Waals surface area contributed by atoms with E-state index in [4.69, 9.17) is 9.84 Å². The highest BCUT2D eigenvalue weighted by Crippen LogP contribution is 2.34. The van der Waals surface area contributed by atoms with Crippen molar-refractivity contribution in [2.24, 2.45) is 0 Å². The molecule has 1 aliphatic rings. The number of carboxylic acid groups (broad SMARTS) is 1. The molecule has 0 amide bonds. The third kappa shape index (κ3) is 4.04. The number of aliphatic carboxylic acids is 1. The minimum absolute atomic E-state index is 0.0563. The molecule has 1 aromatic carbocycles. The summed E-state index contributed by atoms with van der Waals surface area (Å²) in [5.41, 5.74) is -0.560. The number of alkyl halides is 2. The number of hydrogen-bond donors (Lipinski definition) is 1. The number of carboxylic acids is 1. The second-order valence-corrected chi connectivity index (χ2v) is 7.27. The first-order valence-corrected chi connectivity index (χ1v) is 8.37. The summed E-state index contributed by atoms with van der Waals surface area (Å²) in [4.78, 5) is 10.0. The lowest BCUT2D eigenvalue weighted by Gasteiger charge is -2.21. The molecular weight excluding hydrogens is 332 g/mol. The molecule has 1 atom stereocenters. The standard InChI is InChI=1S/C14H17F2NO5S/c1-14(15,16)11-4-2-3-5-12(11)23(20,21)17-7-6-10(8-17)22-9-13(18)19/h2-5,10H,6-9H2,1H3,(H,18,19)/t10-/m0/s1. The van der Waals surface area contributed by atoms with E-state index >= 15 is 0 Å². The Labute approximate surface area is 132 Å². The summed E-state index contributed by atoms with van der Waals surface area (Å²) in [7, 11) is -4.10. The van der Waals surface area contributed by atoms with E-state index in [0.717, 1.165) is 16.4 Å². The van der Waals surface area contributed by atoms with E-state index in [9.17, 15) is 22.0 Å². The Hall–Kier alpha value is -1.58. The molecule has 0 aromatic heterocycles. The first-order valence-electron chi connectivity index (χ1n) is 6.93. The third-order valence-corrected chi connectivity index (χ3v) is 5.45. The Bertz CT molecular complexity index is 687. The SMILES string of the molecule is CC(F)(F)c1ccccc1S(=O)(=O)N1CC[C@H](OCC(=O)O)C1. The number of carbonyl (C=O) groups is 1. The third-order valence-electron chi connectivity index (χ3n) is 3.53. The van der Waals surface area contributed by atoms with E-state index in [1.807, 2.05) is 0 Å². The van der Waals surface area contributed by atoms with Crippen LogP contribution in [0.15, 0.2) is 29.2 Å². The molecule has 0 saturated carbocycles. The van der Waals surface area contributed by atoms with Crippen LogP contribution in [0.1, 0.15) is 18.9 Å². The van der Waals surface area contributed by atoms with Gasteiger partial charge in [0, 0.05) is 25.6 Å². The monoisotopic (exact) mass is 349 g/mol. The zero-order chi connectivity index (χ0) is 17.3. The predicted octanol–water partition coefficient (Wildman–Crippen LogP) is 1.66. The Morgan fingerprint density at radius 2 is 2.09 bits per heavy atom. The van der Waals surface area contributed by atoms with Gasteiger partial charge >= 0.3 is 5.97 Å². The van der Waals surface area contributed by atoms with Gasteiger partial charge in [0.15, 0.2) is 0 Å². The highest BCUT2D eigenvalue weighted by Gasteiger charge is 2.38. The molecule has 1 aromatic rings. The van der Waals surface area contributed by atoms with Crippen molar-refractivity contribution in [1.82, 2.24) is 4.31 Å². The topological polar surface area (TPSA) is 83.9 Å². The number of rotatable bonds is 6. The van der Waals surface area contributed by atoms with Crippen LogP contribution in [0.3, 0.4) is 0 Å². The normalized spacial score (nSPS) is 19.9. The van der Waals surface area contributed by atoms with Crippen LogP contribution in [-0.2, 0) is 25.5 Å². The van der Waals surface area contributed by atoms with Crippen LogP contribution in [-0.4, -0.2) is 49.6 Å². The van der Waals surface area contributed by atoms with Gasteiger partial charge in [-0.05, 0) is 12.5 Å². The minimum atomic E-state index is -4.10. The molecular formula is C14H17F2NO5S. The highest BCUT2D eigenvalue weighted by atomic mass is 32.2. The van der Waals surface area contributed by atoms with Crippen molar-refractivity contribution >= 4 is 16.0 Å². The minimum Gasteiger partial charge on any atom is -0.480 e. The predicted molar refractivity (Wildman–Crippen MR) is 76.8 cm³/mol. The van der Waals surface area contributed by atoms with Gasteiger partial charge in [-0.1, -0.05) is 18.2 Å². The fourth-order valence-corrected chi connectivity index (χ4v) is 4.20. The zero-order valence-corrected chi connectivity index (χ0v) is 13.2. The van der Waals surface area contributed by atoms with Gasteiger partial charge in [-0.15, -0.1) is 0 Å². The molecule has 6 nitrogen and oxygen atoms in total. The quantitative estimate of drug-likeness (QED) is 0.844. The van der Waals surface area contributed by atoms with Gasteiger partial charge in [0.25, 0.3) is 5.92 Å². The Kier molecular flexibility index (Phi) is 5.02. The van der Waals surface area contributed by atoms with E-state index in [1.54, 1.807) is 0 Å². The van der Waals surface area contributed by atoms with E-state index in [2.05, 4.69) is 0 Å². The first-order chi connectivity index (χ1) is 10.6. The summed E-state index contributed by atoms with van der Waals surface area (Å²) in [5, 5.41) is 8.56.